The van der Waals surface area contributed by atoms with Crippen LogP contribution in [0.5, 0.6) is 11.5 Å². The molecular formula is C16H25N3O2S. The summed E-state index contributed by atoms with van der Waals surface area (Å²) in [4.78, 5) is 4.57. The Morgan fingerprint density at radius 1 is 1.45 bits per heavy atom. The SMILES string of the molecule is CCNC(=NCc1ccc(OC)c(O)c1)NCC1CCCS1. The summed E-state index contributed by atoms with van der Waals surface area (Å²) in [5.74, 6) is 2.72. The van der Waals surface area contributed by atoms with Gasteiger partial charge in [0.1, 0.15) is 0 Å². The third kappa shape index (κ3) is 5.02. The Labute approximate surface area is 136 Å². The van der Waals surface area contributed by atoms with Gasteiger partial charge in [0.2, 0.25) is 0 Å². The Kier molecular flexibility index (Phi) is 6.71. The van der Waals surface area contributed by atoms with Gasteiger partial charge in [0.15, 0.2) is 17.5 Å². The first-order valence-corrected chi connectivity index (χ1v) is 8.77. The number of phenolic OH excluding ortho intramolecular Hbond substituents is 1. The summed E-state index contributed by atoms with van der Waals surface area (Å²) >= 11 is 2.03. The number of benzene rings is 1. The molecule has 5 nitrogen and oxygen atoms in total. The molecule has 1 aliphatic heterocycles. The van der Waals surface area contributed by atoms with E-state index in [0.29, 0.717) is 17.5 Å². The van der Waals surface area contributed by atoms with Gasteiger partial charge in [0.25, 0.3) is 0 Å². The van der Waals surface area contributed by atoms with Crippen molar-refractivity contribution in [2.24, 2.45) is 4.99 Å². The lowest BCUT2D eigenvalue weighted by Gasteiger charge is -2.14. The fourth-order valence-corrected chi connectivity index (χ4v) is 3.56. The Morgan fingerprint density at radius 2 is 2.32 bits per heavy atom. The quantitative estimate of drug-likeness (QED) is 0.554. The van der Waals surface area contributed by atoms with Crippen LogP contribution in [0.2, 0.25) is 0 Å². The molecule has 0 radical (unpaired) electrons. The van der Waals surface area contributed by atoms with Crippen molar-refractivity contribution in [2.75, 3.05) is 26.0 Å². The van der Waals surface area contributed by atoms with Crippen molar-refractivity contribution in [1.82, 2.24) is 10.6 Å². The zero-order valence-corrected chi connectivity index (χ0v) is 14.1. The van der Waals surface area contributed by atoms with Crippen molar-refractivity contribution < 1.29 is 9.84 Å². The third-order valence-corrected chi connectivity index (χ3v) is 4.93. The van der Waals surface area contributed by atoms with Crippen molar-refractivity contribution in [3.8, 4) is 11.5 Å². The zero-order chi connectivity index (χ0) is 15.8. The molecular weight excluding hydrogens is 298 g/mol. The first-order chi connectivity index (χ1) is 10.7. The molecule has 2 rings (SSSR count). The number of nitrogens with one attached hydrogen (secondary N) is 2. The van der Waals surface area contributed by atoms with E-state index < -0.39 is 0 Å². The maximum atomic E-state index is 9.80. The van der Waals surface area contributed by atoms with Gasteiger partial charge in [-0.25, -0.2) is 4.99 Å². The second-order valence-corrected chi connectivity index (χ2v) is 6.63. The number of aromatic hydroxyl groups is 1. The van der Waals surface area contributed by atoms with Gasteiger partial charge in [0.05, 0.1) is 13.7 Å². The summed E-state index contributed by atoms with van der Waals surface area (Å²) in [5, 5.41) is 17.1. The molecule has 1 atom stereocenters. The van der Waals surface area contributed by atoms with E-state index in [1.165, 1.54) is 18.6 Å². The van der Waals surface area contributed by atoms with E-state index in [0.717, 1.165) is 24.6 Å². The number of guanidine groups is 1. The number of hydrogen-bond acceptors (Lipinski definition) is 4. The Hall–Kier alpha value is -1.56. The van der Waals surface area contributed by atoms with Crippen molar-refractivity contribution in [3.05, 3.63) is 23.8 Å². The molecule has 1 unspecified atom stereocenters. The van der Waals surface area contributed by atoms with Gasteiger partial charge in [-0.3, -0.25) is 0 Å². The van der Waals surface area contributed by atoms with E-state index in [-0.39, 0.29) is 5.75 Å². The molecule has 0 aliphatic carbocycles. The van der Waals surface area contributed by atoms with E-state index >= 15 is 0 Å². The van der Waals surface area contributed by atoms with Crippen LogP contribution in [-0.4, -0.2) is 42.3 Å². The van der Waals surface area contributed by atoms with Crippen molar-refractivity contribution in [3.63, 3.8) is 0 Å². The molecule has 1 aromatic rings. The average molecular weight is 323 g/mol. The maximum absolute atomic E-state index is 9.80. The molecule has 1 fully saturated rings. The Bertz CT molecular complexity index is 502. The summed E-state index contributed by atoms with van der Waals surface area (Å²) in [6.07, 6.45) is 2.60. The predicted molar refractivity (Wildman–Crippen MR) is 93.0 cm³/mol. The molecule has 0 saturated carbocycles. The average Bonchev–Trinajstić information content (AvgIpc) is 3.03. The second kappa shape index (κ2) is 8.78. The number of ether oxygens (including phenoxy) is 1. The predicted octanol–water partition coefficient (Wildman–Crippen LogP) is 2.35. The standard InChI is InChI=1S/C16H25N3O2S/c1-3-17-16(19-11-13-5-4-8-22-13)18-10-12-6-7-15(21-2)14(20)9-12/h6-7,9,13,20H,3-5,8,10-11H2,1-2H3,(H2,17,18,19). The van der Waals surface area contributed by atoms with Crippen LogP contribution < -0.4 is 15.4 Å². The summed E-state index contributed by atoms with van der Waals surface area (Å²) < 4.78 is 5.05. The largest absolute Gasteiger partial charge is 0.504 e. The highest BCUT2D eigenvalue weighted by atomic mass is 32.2. The van der Waals surface area contributed by atoms with Crippen LogP contribution in [0.3, 0.4) is 0 Å². The molecule has 0 spiro atoms. The van der Waals surface area contributed by atoms with Gasteiger partial charge in [-0.15, -0.1) is 0 Å². The normalized spacial score (nSPS) is 18.3. The van der Waals surface area contributed by atoms with Gasteiger partial charge in [-0.05, 0) is 43.2 Å². The van der Waals surface area contributed by atoms with E-state index in [1.54, 1.807) is 19.2 Å². The lowest BCUT2D eigenvalue weighted by Crippen LogP contribution is -2.40. The molecule has 0 amide bonds. The van der Waals surface area contributed by atoms with E-state index in [1.807, 2.05) is 17.8 Å². The maximum Gasteiger partial charge on any atom is 0.191 e. The van der Waals surface area contributed by atoms with Crippen LogP contribution in [0.4, 0.5) is 0 Å². The fourth-order valence-electron chi connectivity index (χ4n) is 2.36. The first-order valence-electron chi connectivity index (χ1n) is 7.72. The highest BCUT2D eigenvalue weighted by molar-refractivity contribution is 8.00. The van der Waals surface area contributed by atoms with Gasteiger partial charge >= 0.3 is 0 Å². The van der Waals surface area contributed by atoms with Gasteiger partial charge in [-0.1, -0.05) is 6.07 Å². The van der Waals surface area contributed by atoms with Gasteiger partial charge < -0.3 is 20.5 Å². The fraction of sp³-hybridized carbons (Fsp3) is 0.562. The van der Waals surface area contributed by atoms with Crippen molar-refractivity contribution in [1.29, 1.82) is 0 Å². The highest BCUT2D eigenvalue weighted by Gasteiger charge is 2.15. The van der Waals surface area contributed by atoms with Crippen LogP contribution in [0.1, 0.15) is 25.3 Å². The number of thioether (sulfide) groups is 1. The Morgan fingerprint density at radius 3 is 2.95 bits per heavy atom. The number of hydrogen-bond donors (Lipinski definition) is 3. The van der Waals surface area contributed by atoms with E-state index in [4.69, 9.17) is 4.74 Å². The summed E-state index contributed by atoms with van der Waals surface area (Å²) in [6, 6.07) is 5.37. The molecule has 1 aliphatic rings. The van der Waals surface area contributed by atoms with Crippen LogP contribution >= 0.6 is 11.8 Å². The number of nitrogens with zero attached hydrogens (tertiary/aromatic N) is 1. The topological polar surface area (TPSA) is 65.9 Å². The monoisotopic (exact) mass is 323 g/mol. The molecule has 3 N–H and O–H groups in total. The van der Waals surface area contributed by atoms with Crippen LogP contribution in [0.25, 0.3) is 0 Å². The van der Waals surface area contributed by atoms with Crippen molar-refractivity contribution >= 4 is 17.7 Å². The van der Waals surface area contributed by atoms with E-state index in [2.05, 4.69) is 22.5 Å². The minimum absolute atomic E-state index is 0.149. The number of aliphatic imine (C=N–C) groups is 1. The summed E-state index contributed by atoms with van der Waals surface area (Å²) in [6.45, 7) is 4.35. The van der Waals surface area contributed by atoms with Crippen LogP contribution in [0.15, 0.2) is 23.2 Å². The zero-order valence-electron chi connectivity index (χ0n) is 13.3. The first kappa shape index (κ1) is 16.8. The summed E-state index contributed by atoms with van der Waals surface area (Å²) in [5.41, 5.74) is 0.950. The van der Waals surface area contributed by atoms with Gasteiger partial charge in [0, 0.05) is 18.3 Å². The second-order valence-electron chi connectivity index (χ2n) is 5.22. The number of phenols is 1. The minimum atomic E-state index is 0.149. The number of methoxy groups -OCH3 is 1. The van der Waals surface area contributed by atoms with Crippen LogP contribution in [-0.2, 0) is 6.54 Å². The molecule has 6 heteroatoms. The lowest BCUT2D eigenvalue weighted by molar-refractivity contribution is 0.373. The highest BCUT2D eigenvalue weighted by Crippen LogP contribution is 2.26. The van der Waals surface area contributed by atoms with Crippen LogP contribution in [0, 0.1) is 0 Å². The van der Waals surface area contributed by atoms with Gasteiger partial charge in [-0.2, -0.15) is 11.8 Å². The summed E-state index contributed by atoms with van der Waals surface area (Å²) in [7, 11) is 1.54. The van der Waals surface area contributed by atoms with E-state index in [9.17, 15) is 5.11 Å². The molecule has 1 heterocycles. The Balaban J connectivity index is 1.92. The third-order valence-electron chi connectivity index (χ3n) is 3.53. The molecule has 0 aromatic heterocycles. The van der Waals surface area contributed by atoms with Crippen molar-refractivity contribution in [2.45, 2.75) is 31.6 Å². The molecule has 1 aromatic carbocycles. The molecule has 1 saturated heterocycles. The smallest absolute Gasteiger partial charge is 0.191 e. The molecule has 0 bridgehead atoms. The lowest BCUT2D eigenvalue weighted by atomic mass is 10.2. The minimum Gasteiger partial charge on any atom is -0.504 e. The molecule has 22 heavy (non-hydrogen) atoms. The number of rotatable bonds is 6. The molecule has 122 valence electrons.